The Labute approximate surface area is 169 Å². The highest BCUT2D eigenvalue weighted by molar-refractivity contribution is 6.35. The van der Waals surface area contributed by atoms with E-state index < -0.39 is 0 Å². The van der Waals surface area contributed by atoms with Crippen LogP contribution in [-0.4, -0.2) is 12.5 Å². The fourth-order valence-corrected chi connectivity index (χ4v) is 4.17. The molecule has 0 aliphatic heterocycles. The number of nitriles is 1. The van der Waals surface area contributed by atoms with Gasteiger partial charge in [-0.1, -0.05) is 48.2 Å². The Morgan fingerprint density at radius 3 is 2.48 bits per heavy atom. The van der Waals surface area contributed by atoms with E-state index in [1.165, 1.54) is 0 Å². The maximum absolute atomic E-state index is 12.2. The van der Waals surface area contributed by atoms with E-state index in [1.54, 1.807) is 12.1 Å². The van der Waals surface area contributed by atoms with Gasteiger partial charge < -0.3 is 10.1 Å². The van der Waals surface area contributed by atoms with Crippen molar-refractivity contribution in [2.75, 3.05) is 11.9 Å². The summed E-state index contributed by atoms with van der Waals surface area (Å²) < 4.78 is 5.55. The molecule has 0 aromatic heterocycles. The molecule has 1 saturated carbocycles. The molecule has 2 aromatic carbocycles. The molecule has 1 fully saturated rings. The SMILES string of the molecule is Cc1cc(Cl)cc(Cl)c1OCC(=O)Nc1ccc(C2(C#N)CCCC2)cc1. The Kier molecular flexibility index (Phi) is 5.94. The summed E-state index contributed by atoms with van der Waals surface area (Å²) in [5.41, 5.74) is 2.06. The van der Waals surface area contributed by atoms with Crippen LogP contribution in [0.2, 0.25) is 10.0 Å². The van der Waals surface area contributed by atoms with Crippen LogP contribution in [0.25, 0.3) is 0 Å². The van der Waals surface area contributed by atoms with Crippen LogP contribution < -0.4 is 10.1 Å². The summed E-state index contributed by atoms with van der Waals surface area (Å²) in [4.78, 5) is 12.2. The predicted molar refractivity (Wildman–Crippen MR) is 108 cm³/mol. The van der Waals surface area contributed by atoms with Gasteiger partial charge in [0.15, 0.2) is 6.61 Å². The number of rotatable bonds is 5. The van der Waals surface area contributed by atoms with Gasteiger partial charge in [0.1, 0.15) is 5.75 Å². The molecule has 1 aliphatic carbocycles. The van der Waals surface area contributed by atoms with Crippen LogP contribution in [0.1, 0.15) is 36.8 Å². The Bertz CT molecular complexity index is 859. The first-order valence-corrected chi connectivity index (χ1v) is 9.59. The summed E-state index contributed by atoms with van der Waals surface area (Å²) in [6, 6.07) is 13.3. The molecule has 2 aromatic rings. The maximum atomic E-state index is 12.2. The molecule has 1 N–H and O–H groups in total. The van der Waals surface area contributed by atoms with E-state index in [9.17, 15) is 10.1 Å². The topological polar surface area (TPSA) is 62.1 Å². The van der Waals surface area contributed by atoms with E-state index in [-0.39, 0.29) is 17.9 Å². The summed E-state index contributed by atoms with van der Waals surface area (Å²) in [7, 11) is 0. The van der Waals surface area contributed by atoms with Crippen LogP contribution in [0.4, 0.5) is 5.69 Å². The molecular formula is C21H20Cl2N2O2. The lowest BCUT2D eigenvalue weighted by Gasteiger charge is -2.21. The molecule has 1 amide bonds. The molecule has 3 rings (SSSR count). The van der Waals surface area contributed by atoms with E-state index >= 15 is 0 Å². The second kappa shape index (κ2) is 8.21. The van der Waals surface area contributed by atoms with E-state index in [4.69, 9.17) is 27.9 Å². The molecule has 0 bridgehead atoms. The third kappa shape index (κ3) is 4.37. The Balaban J connectivity index is 1.61. The lowest BCUT2D eigenvalue weighted by Crippen LogP contribution is -2.21. The summed E-state index contributed by atoms with van der Waals surface area (Å²) in [6.45, 7) is 1.66. The number of ether oxygens (including phenoxy) is 1. The number of anilines is 1. The zero-order valence-corrected chi connectivity index (χ0v) is 16.5. The fourth-order valence-electron chi connectivity index (χ4n) is 3.52. The number of nitrogens with zero attached hydrogens (tertiary/aromatic N) is 1. The average molecular weight is 403 g/mol. The third-order valence-electron chi connectivity index (χ3n) is 4.93. The van der Waals surface area contributed by atoms with Crippen molar-refractivity contribution in [2.45, 2.75) is 38.0 Å². The smallest absolute Gasteiger partial charge is 0.262 e. The van der Waals surface area contributed by atoms with Gasteiger partial charge in [0, 0.05) is 10.7 Å². The van der Waals surface area contributed by atoms with Crippen molar-refractivity contribution in [2.24, 2.45) is 0 Å². The van der Waals surface area contributed by atoms with Crippen LogP contribution in [0.5, 0.6) is 5.75 Å². The highest BCUT2D eigenvalue weighted by atomic mass is 35.5. The van der Waals surface area contributed by atoms with Gasteiger partial charge in [-0.25, -0.2) is 0 Å². The number of halogens is 2. The van der Waals surface area contributed by atoms with Crippen molar-refractivity contribution in [1.29, 1.82) is 5.26 Å². The van der Waals surface area contributed by atoms with Gasteiger partial charge in [-0.05, 0) is 55.2 Å². The summed E-state index contributed by atoms with van der Waals surface area (Å²) in [5.74, 6) is 0.160. The molecule has 0 atom stereocenters. The normalized spacial score (nSPS) is 15.2. The fraction of sp³-hybridized carbons (Fsp3) is 0.333. The molecule has 0 heterocycles. The zero-order valence-electron chi connectivity index (χ0n) is 15.0. The van der Waals surface area contributed by atoms with Gasteiger partial charge >= 0.3 is 0 Å². The predicted octanol–water partition coefficient (Wildman–Crippen LogP) is 5.65. The van der Waals surface area contributed by atoms with Crippen LogP contribution in [0.3, 0.4) is 0 Å². The van der Waals surface area contributed by atoms with Crippen molar-refractivity contribution < 1.29 is 9.53 Å². The Hall–Kier alpha value is -2.22. The van der Waals surface area contributed by atoms with Crippen molar-refractivity contribution in [3.05, 3.63) is 57.6 Å². The first kappa shape index (κ1) is 19.5. The molecule has 0 radical (unpaired) electrons. The van der Waals surface area contributed by atoms with Gasteiger partial charge in [-0.15, -0.1) is 0 Å². The van der Waals surface area contributed by atoms with E-state index in [1.807, 2.05) is 31.2 Å². The standard InChI is InChI=1S/C21H20Cl2N2O2/c1-14-10-16(22)11-18(23)20(14)27-12-19(26)25-17-6-4-15(5-7-17)21(13-24)8-2-3-9-21/h4-7,10-11H,2-3,8-9,12H2,1H3,(H,25,26). The minimum Gasteiger partial charge on any atom is -0.482 e. The zero-order chi connectivity index (χ0) is 19.4. The van der Waals surface area contributed by atoms with E-state index in [0.717, 1.165) is 36.8 Å². The molecular weight excluding hydrogens is 383 g/mol. The molecule has 0 saturated heterocycles. The molecule has 0 spiro atoms. The number of nitrogens with one attached hydrogen (secondary N) is 1. The van der Waals surface area contributed by atoms with Crippen molar-refractivity contribution in [3.63, 3.8) is 0 Å². The number of benzene rings is 2. The molecule has 140 valence electrons. The average Bonchev–Trinajstić information content (AvgIpc) is 3.11. The molecule has 27 heavy (non-hydrogen) atoms. The van der Waals surface area contributed by atoms with Crippen molar-refractivity contribution >= 4 is 34.8 Å². The van der Waals surface area contributed by atoms with Gasteiger partial charge in [0.25, 0.3) is 5.91 Å². The number of amides is 1. The highest BCUT2D eigenvalue weighted by Gasteiger charge is 2.35. The summed E-state index contributed by atoms with van der Waals surface area (Å²) in [6.07, 6.45) is 3.95. The van der Waals surface area contributed by atoms with Crippen molar-refractivity contribution in [1.82, 2.24) is 0 Å². The number of hydrogen-bond donors (Lipinski definition) is 1. The minimum absolute atomic E-state index is 0.161. The van der Waals surface area contributed by atoms with Gasteiger partial charge in [-0.2, -0.15) is 5.26 Å². The van der Waals surface area contributed by atoms with E-state index in [2.05, 4.69) is 11.4 Å². The number of carbonyl (C=O) groups excluding carboxylic acids is 1. The van der Waals surface area contributed by atoms with Crippen molar-refractivity contribution in [3.8, 4) is 11.8 Å². The molecule has 0 unspecified atom stereocenters. The maximum Gasteiger partial charge on any atom is 0.262 e. The second-order valence-corrected chi connectivity index (χ2v) is 7.69. The lowest BCUT2D eigenvalue weighted by molar-refractivity contribution is -0.118. The lowest BCUT2D eigenvalue weighted by atomic mass is 9.80. The van der Waals surface area contributed by atoms with Crippen LogP contribution in [-0.2, 0) is 10.2 Å². The van der Waals surface area contributed by atoms with Crippen LogP contribution in [0.15, 0.2) is 36.4 Å². The number of hydrogen-bond acceptors (Lipinski definition) is 3. The number of aryl methyl sites for hydroxylation is 1. The monoisotopic (exact) mass is 402 g/mol. The quantitative estimate of drug-likeness (QED) is 0.701. The van der Waals surface area contributed by atoms with Gasteiger partial charge in [-0.3, -0.25) is 4.79 Å². The van der Waals surface area contributed by atoms with Gasteiger partial charge in [0.05, 0.1) is 16.5 Å². The number of carbonyl (C=O) groups is 1. The first-order chi connectivity index (χ1) is 12.9. The van der Waals surface area contributed by atoms with Crippen LogP contribution >= 0.6 is 23.2 Å². The molecule has 1 aliphatic rings. The molecule has 6 heteroatoms. The first-order valence-electron chi connectivity index (χ1n) is 8.84. The van der Waals surface area contributed by atoms with Gasteiger partial charge in [0.2, 0.25) is 0 Å². The summed E-state index contributed by atoms with van der Waals surface area (Å²) >= 11 is 12.1. The summed E-state index contributed by atoms with van der Waals surface area (Å²) in [5, 5.41) is 13.3. The Morgan fingerprint density at radius 1 is 1.22 bits per heavy atom. The minimum atomic E-state index is -0.380. The third-order valence-corrected chi connectivity index (χ3v) is 5.43. The molecule has 4 nitrogen and oxygen atoms in total. The largest absolute Gasteiger partial charge is 0.482 e. The second-order valence-electron chi connectivity index (χ2n) is 6.85. The highest BCUT2D eigenvalue weighted by Crippen LogP contribution is 2.40. The Morgan fingerprint density at radius 2 is 1.89 bits per heavy atom. The van der Waals surface area contributed by atoms with Crippen LogP contribution in [0, 0.1) is 18.3 Å². The van der Waals surface area contributed by atoms with E-state index in [0.29, 0.717) is 21.5 Å².